The number of rotatable bonds is 5. The van der Waals surface area contributed by atoms with Crippen molar-refractivity contribution in [1.82, 2.24) is 4.98 Å². The molecule has 6 nitrogen and oxygen atoms in total. The second-order valence-electron chi connectivity index (χ2n) is 6.09. The highest BCUT2D eigenvalue weighted by Gasteiger charge is 2.32. The van der Waals surface area contributed by atoms with Crippen molar-refractivity contribution in [3.8, 4) is 0 Å². The lowest BCUT2D eigenvalue weighted by molar-refractivity contribution is -0.140. The number of carboxylic acid groups (broad SMARTS) is 1. The molecule has 1 rings (SSSR count). The summed E-state index contributed by atoms with van der Waals surface area (Å²) in [6.07, 6.45) is 1.45. The van der Waals surface area contributed by atoms with Crippen LogP contribution in [0.25, 0.3) is 0 Å². The van der Waals surface area contributed by atoms with E-state index in [9.17, 15) is 13.2 Å². The first-order valence-corrected chi connectivity index (χ1v) is 8.09. The number of anilines is 1. The standard InChI is InChI=1S/C14H22N2O4S/c1-10(13(17)18)9-16(5)11-6-7-12(15-8-11)21(19,20)14(2,3)4/h6-8,10H,9H2,1-5H3,(H,17,18). The summed E-state index contributed by atoms with van der Waals surface area (Å²) >= 11 is 0. The maximum Gasteiger partial charge on any atom is 0.308 e. The zero-order valence-corrected chi connectivity index (χ0v) is 13.8. The Morgan fingerprint density at radius 1 is 1.38 bits per heavy atom. The predicted molar refractivity (Wildman–Crippen MR) is 81.2 cm³/mol. The van der Waals surface area contributed by atoms with Gasteiger partial charge in [0.25, 0.3) is 0 Å². The molecule has 0 bridgehead atoms. The summed E-state index contributed by atoms with van der Waals surface area (Å²) in [5.74, 6) is -1.39. The van der Waals surface area contributed by atoms with Crippen LogP contribution in [0, 0.1) is 5.92 Å². The molecule has 0 aliphatic heterocycles. The Bertz CT molecular complexity index is 603. The van der Waals surface area contributed by atoms with Gasteiger partial charge in [0.1, 0.15) is 0 Å². The molecule has 21 heavy (non-hydrogen) atoms. The summed E-state index contributed by atoms with van der Waals surface area (Å²) in [4.78, 5) is 16.6. The maximum atomic E-state index is 12.2. The molecule has 1 aromatic rings. The number of nitrogens with zero attached hydrogens (tertiary/aromatic N) is 2. The molecule has 1 heterocycles. The molecule has 0 spiro atoms. The lowest BCUT2D eigenvalue weighted by Gasteiger charge is -2.22. The molecule has 1 N–H and O–H groups in total. The van der Waals surface area contributed by atoms with Gasteiger partial charge in [0.2, 0.25) is 0 Å². The number of carbonyl (C=O) groups is 1. The van der Waals surface area contributed by atoms with Gasteiger partial charge in [-0.05, 0) is 32.9 Å². The van der Waals surface area contributed by atoms with Crippen LogP contribution in [0.4, 0.5) is 5.69 Å². The third-order valence-electron chi connectivity index (χ3n) is 3.21. The van der Waals surface area contributed by atoms with Crippen LogP contribution in [0.2, 0.25) is 0 Å². The number of sulfone groups is 1. The molecular formula is C14H22N2O4S. The Hall–Kier alpha value is -1.63. The fraction of sp³-hybridized carbons (Fsp3) is 0.571. The number of hydrogen-bond donors (Lipinski definition) is 1. The summed E-state index contributed by atoms with van der Waals surface area (Å²) in [5.41, 5.74) is 0.677. The zero-order valence-electron chi connectivity index (χ0n) is 13.0. The number of hydrogen-bond acceptors (Lipinski definition) is 5. The van der Waals surface area contributed by atoms with Crippen molar-refractivity contribution in [3.63, 3.8) is 0 Å². The molecule has 7 heteroatoms. The van der Waals surface area contributed by atoms with E-state index in [-0.39, 0.29) is 5.03 Å². The van der Waals surface area contributed by atoms with Gasteiger partial charge in [-0.3, -0.25) is 4.79 Å². The van der Waals surface area contributed by atoms with Gasteiger partial charge in [0.15, 0.2) is 14.9 Å². The van der Waals surface area contributed by atoms with Gasteiger partial charge in [-0.2, -0.15) is 0 Å². The van der Waals surface area contributed by atoms with Crippen LogP contribution in [-0.2, 0) is 14.6 Å². The first-order chi connectivity index (χ1) is 9.46. The molecule has 1 atom stereocenters. The van der Waals surface area contributed by atoms with Crippen LogP contribution in [0.15, 0.2) is 23.4 Å². The molecule has 0 radical (unpaired) electrons. The van der Waals surface area contributed by atoms with E-state index in [1.807, 2.05) is 0 Å². The third kappa shape index (κ3) is 3.93. The number of aromatic nitrogens is 1. The van der Waals surface area contributed by atoms with Crippen molar-refractivity contribution in [1.29, 1.82) is 0 Å². The minimum absolute atomic E-state index is 0.0263. The molecule has 0 aromatic carbocycles. The lowest BCUT2D eigenvalue weighted by Crippen LogP contribution is -2.30. The summed E-state index contributed by atoms with van der Waals surface area (Å²) in [6, 6.07) is 3.10. The summed E-state index contributed by atoms with van der Waals surface area (Å²) in [5, 5.41) is 8.92. The average molecular weight is 314 g/mol. The van der Waals surface area contributed by atoms with Crippen LogP contribution >= 0.6 is 0 Å². The van der Waals surface area contributed by atoms with Gasteiger partial charge >= 0.3 is 5.97 Å². The number of aliphatic carboxylic acids is 1. The maximum absolute atomic E-state index is 12.2. The second-order valence-corrected chi connectivity index (χ2v) is 8.74. The first-order valence-electron chi connectivity index (χ1n) is 6.61. The van der Waals surface area contributed by atoms with Crippen LogP contribution in [0.1, 0.15) is 27.7 Å². The summed E-state index contributed by atoms with van der Waals surface area (Å²) in [6.45, 7) is 6.81. The largest absolute Gasteiger partial charge is 0.481 e. The van der Waals surface area contributed by atoms with Crippen LogP contribution in [0.3, 0.4) is 0 Å². The van der Waals surface area contributed by atoms with Crippen molar-refractivity contribution in [2.45, 2.75) is 37.5 Å². The van der Waals surface area contributed by atoms with E-state index in [2.05, 4.69) is 4.98 Å². The Morgan fingerprint density at radius 3 is 2.33 bits per heavy atom. The van der Waals surface area contributed by atoms with Crippen molar-refractivity contribution in [3.05, 3.63) is 18.3 Å². The summed E-state index contributed by atoms with van der Waals surface area (Å²) < 4.78 is 23.6. The highest BCUT2D eigenvalue weighted by atomic mass is 32.2. The SMILES string of the molecule is CC(CN(C)c1ccc(S(=O)(=O)C(C)(C)C)nc1)C(=O)O. The van der Waals surface area contributed by atoms with Crippen molar-refractivity contribution >= 4 is 21.5 Å². The van der Waals surface area contributed by atoms with Gasteiger partial charge in [0.05, 0.1) is 22.5 Å². The highest BCUT2D eigenvalue weighted by Crippen LogP contribution is 2.24. The topological polar surface area (TPSA) is 87.6 Å². The number of carboxylic acids is 1. The van der Waals surface area contributed by atoms with Gasteiger partial charge in [0, 0.05) is 13.6 Å². The second kappa shape index (κ2) is 6.01. The smallest absolute Gasteiger partial charge is 0.308 e. The van der Waals surface area contributed by atoms with E-state index >= 15 is 0 Å². The van der Waals surface area contributed by atoms with Crippen LogP contribution in [0.5, 0.6) is 0 Å². The van der Waals surface area contributed by atoms with E-state index in [1.165, 1.54) is 12.3 Å². The van der Waals surface area contributed by atoms with Crippen LogP contribution < -0.4 is 4.90 Å². The molecule has 0 aliphatic carbocycles. The van der Waals surface area contributed by atoms with E-state index < -0.39 is 26.5 Å². The Balaban J connectivity index is 2.96. The molecular weight excluding hydrogens is 292 g/mol. The molecule has 1 aromatic heterocycles. The molecule has 118 valence electrons. The molecule has 0 fully saturated rings. The predicted octanol–water partition coefficient (Wildman–Crippen LogP) is 1.81. The van der Waals surface area contributed by atoms with Crippen molar-refractivity contribution in [2.24, 2.45) is 5.92 Å². The molecule has 0 aliphatic rings. The molecule has 1 unspecified atom stereocenters. The Labute approximate surface area is 125 Å². The van der Waals surface area contributed by atoms with E-state index in [4.69, 9.17) is 5.11 Å². The minimum atomic E-state index is -3.48. The highest BCUT2D eigenvalue weighted by molar-refractivity contribution is 7.92. The minimum Gasteiger partial charge on any atom is -0.481 e. The van der Waals surface area contributed by atoms with Crippen LogP contribution in [-0.4, -0.2) is 42.8 Å². The van der Waals surface area contributed by atoms with Crippen molar-refractivity contribution in [2.75, 3.05) is 18.5 Å². The van der Waals surface area contributed by atoms with E-state index in [0.29, 0.717) is 12.2 Å². The third-order valence-corrected chi connectivity index (χ3v) is 5.62. The summed E-state index contributed by atoms with van der Waals surface area (Å²) in [7, 11) is -1.73. The molecule has 0 saturated carbocycles. The average Bonchev–Trinajstić information content (AvgIpc) is 2.37. The van der Waals surface area contributed by atoms with Gasteiger partial charge in [-0.25, -0.2) is 13.4 Å². The fourth-order valence-corrected chi connectivity index (χ4v) is 2.73. The normalized spacial score (nSPS) is 13.8. The Kier molecular flexibility index (Phi) is 4.99. The van der Waals surface area contributed by atoms with E-state index in [1.54, 1.807) is 45.7 Å². The lowest BCUT2D eigenvalue weighted by atomic mass is 10.1. The first kappa shape index (κ1) is 17.4. The number of pyridine rings is 1. The Morgan fingerprint density at radius 2 is 1.95 bits per heavy atom. The van der Waals surface area contributed by atoms with Gasteiger partial charge < -0.3 is 10.0 Å². The van der Waals surface area contributed by atoms with Crippen molar-refractivity contribution < 1.29 is 18.3 Å². The molecule has 0 saturated heterocycles. The molecule has 0 amide bonds. The zero-order chi connectivity index (χ0) is 16.4. The van der Waals surface area contributed by atoms with Gasteiger partial charge in [-0.15, -0.1) is 0 Å². The quantitative estimate of drug-likeness (QED) is 0.892. The van der Waals surface area contributed by atoms with Gasteiger partial charge in [-0.1, -0.05) is 6.92 Å². The van der Waals surface area contributed by atoms with E-state index in [0.717, 1.165) is 0 Å². The fourth-order valence-electron chi connectivity index (χ4n) is 1.67. The monoisotopic (exact) mass is 314 g/mol.